The average molecular weight is 367 g/mol. The average Bonchev–Trinajstić information content (AvgIpc) is 2.57. The molecule has 0 unspecified atom stereocenters. The summed E-state index contributed by atoms with van der Waals surface area (Å²) >= 11 is 11.4. The van der Waals surface area contributed by atoms with Crippen LogP contribution in [-0.2, 0) is 6.54 Å². The summed E-state index contributed by atoms with van der Waals surface area (Å²) < 4.78 is 0. The highest BCUT2D eigenvalue weighted by molar-refractivity contribution is 7.80. The molecule has 0 saturated heterocycles. The molecule has 0 spiro atoms. The third-order valence-corrected chi connectivity index (χ3v) is 5.32. The Morgan fingerprint density at radius 2 is 1.38 bits per heavy atom. The maximum atomic E-state index is 5.92. The van der Waals surface area contributed by atoms with Crippen molar-refractivity contribution in [1.29, 1.82) is 0 Å². The normalized spacial score (nSPS) is 18.2. The molecule has 0 radical (unpaired) electrons. The van der Waals surface area contributed by atoms with E-state index in [0.717, 1.165) is 16.7 Å². The van der Waals surface area contributed by atoms with Crippen molar-refractivity contribution in [3.63, 3.8) is 0 Å². The van der Waals surface area contributed by atoms with Crippen LogP contribution in [0.15, 0.2) is 24.3 Å². The summed E-state index contributed by atoms with van der Waals surface area (Å²) in [5, 5.41) is 8.43. The highest BCUT2D eigenvalue weighted by Gasteiger charge is 2.10. The molecule has 1 fully saturated rings. The van der Waals surface area contributed by atoms with E-state index >= 15 is 0 Å². The van der Waals surface area contributed by atoms with Gasteiger partial charge in [0.15, 0.2) is 5.11 Å². The molecule has 0 aromatic heterocycles. The lowest BCUT2D eigenvalue weighted by Crippen LogP contribution is -2.41. The van der Waals surface area contributed by atoms with Crippen molar-refractivity contribution in [3.8, 4) is 0 Å². The molecule has 2 rings (SSSR count). The largest absolute Gasteiger partial charge is 0.360 e. The Morgan fingerprint density at radius 1 is 0.875 bits per heavy atom. The first-order valence-corrected chi connectivity index (χ1v) is 10.3. The number of thiocarbonyl (C=S) groups is 1. The van der Waals surface area contributed by atoms with Crippen molar-refractivity contribution in [2.75, 3.05) is 0 Å². The zero-order valence-corrected chi connectivity index (χ0v) is 16.2. The van der Waals surface area contributed by atoms with Gasteiger partial charge in [0.05, 0.1) is 0 Å². The molecule has 0 aliphatic heterocycles. The zero-order valence-electron chi connectivity index (χ0n) is 14.7. The lowest BCUT2D eigenvalue weighted by molar-refractivity contribution is 0.441. The molecule has 1 aromatic rings. The fraction of sp³-hybridized carbons (Fsp3) is 0.650. The fourth-order valence-electron chi connectivity index (χ4n) is 3.33. The standard InChI is InChI=1S/C20H31ClN2S/c21-18-14-12-17(13-15-18)16-22-20(24)23-19-10-8-6-4-2-1-3-5-7-9-11-19/h12-15,19H,1-11,16H2,(H2,22,23,24). The molecule has 0 heterocycles. The second-order valence-electron chi connectivity index (χ2n) is 6.91. The molecule has 4 heteroatoms. The van der Waals surface area contributed by atoms with E-state index in [2.05, 4.69) is 10.6 Å². The predicted molar refractivity (Wildman–Crippen MR) is 109 cm³/mol. The summed E-state index contributed by atoms with van der Waals surface area (Å²) in [5.74, 6) is 0. The Balaban J connectivity index is 1.73. The molecule has 1 saturated carbocycles. The number of benzene rings is 1. The van der Waals surface area contributed by atoms with Gasteiger partial charge < -0.3 is 10.6 Å². The Kier molecular flexibility index (Phi) is 9.52. The van der Waals surface area contributed by atoms with Gasteiger partial charge in [-0.3, -0.25) is 0 Å². The van der Waals surface area contributed by atoms with Gasteiger partial charge in [-0.25, -0.2) is 0 Å². The van der Waals surface area contributed by atoms with E-state index in [1.54, 1.807) is 0 Å². The molecule has 134 valence electrons. The number of nitrogens with one attached hydrogen (secondary N) is 2. The monoisotopic (exact) mass is 366 g/mol. The van der Waals surface area contributed by atoms with Crippen LogP contribution in [0.2, 0.25) is 5.02 Å². The van der Waals surface area contributed by atoms with Gasteiger partial charge in [-0.1, -0.05) is 81.5 Å². The molecule has 24 heavy (non-hydrogen) atoms. The lowest BCUT2D eigenvalue weighted by Gasteiger charge is -2.21. The van der Waals surface area contributed by atoms with Crippen molar-refractivity contribution in [2.45, 2.75) is 83.2 Å². The molecular weight excluding hydrogens is 336 g/mol. The molecule has 1 aliphatic rings. The first-order valence-electron chi connectivity index (χ1n) is 9.53. The van der Waals surface area contributed by atoms with Gasteiger partial charge in [0, 0.05) is 17.6 Å². The maximum Gasteiger partial charge on any atom is 0.166 e. The van der Waals surface area contributed by atoms with Crippen LogP contribution in [0.3, 0.4) is 0 Å². The minimum absolute atomic E-state index is 0.523. The molecule has 0 atom stereocenters. The highest BCUT2D eigenvalue weighted by atomic mass is 35.5. The Labute approximate surface area is 157 Å². The van der Waals surface area contributed by atoms with Crippen LogP contribution in [0.4, 0.5) is 0 Å². The minimum Gasteiger partial charge on any atom is -0.360 e. The summed E-state index contributed by atoms with van der Waals surface area (Å²) in [4.78, 5) is 0. The van der Waals surface area contributed by atoms with Gasteiger partial charge >= 0.3 is 0 Å². The van der Waals surface area contributed by atoms with Crippen LogP contribution in [0, 0.1) is 0 Å². The van der Waals surface area contributed by atoms with Crippen LogP contribution in [-0.4, -0.2) is 11.2 Å². The number of hydrogen-bond acceptors (Lipinski definition) is 1. The minimum atomic E-state index is 0.523. The smallest absolute Gasteiger partial charge is 0.166 e. The van der Waals surface area contributed by atoms with Crippen molar-refractivity contribution in [3.05, 3.63) is 34.9 Å². The summed E-state index contributed by atoms with van der Waals surface area (Å²) in [6.45, 7) is 0.746. The molecule has 1 aromatic carbocycles. The van der Waals surface area contributed by atoms with Crippen LogP contribution in [0.1, 0.15) is 76.2 Å². The van der Waals surface area contributed by atoms with E-state index in [-0.39, 0.29) is 0 Å². The molecular formula is C20H31ClN2S. The maximum absolute atomic E-state index is 5.92. The van der Waals surface area contributed by atoms with E-state index in [0.29, 0.717) is 6.04 Å². The van der Waals surface area contributed by atoms with Crippen LogP contribution < -0.4 is 10.6 Å². The Hall–Kier alpha value is -0.800. The lowest BCUT2D eigenvalue weighted by atomic mass is 9.98. The van der Waals surface area contributed by atoms with E-state index < -0.39 is 0 Å². The molecule has 2 nitrogen and oxygen atoms in total. The van der Waals surface area contributed by atoms with Crippen molar-refractivity contribution in [1.82, 2.24) is 10.6 Å². The number of rotatable bonds is 3. The molecule has 2 N–H and O–H groups in total. The summed E-state index contributed by atoms with van der Waals surface area (Å²) in [6.07, 6.45) is 14.9. The van der Waals surface area contributed by atoms with Crippen LogP contribution >= 0.6 is 23.8 Å². The van der Waals surface area contributed by atoms with E-state index in [4.69, 9.17) is 23.8 Å². The SMILES string of the molecule is S=C(NCc1ccc(Cl)cc1)NC1CCCCCCCCCCC1. The van der Waals surface area contributed by atoms with Crippen molar-refractivity contribution < 1.29 is 0 Å². The number of hydrogen-bond donors (Lipinski definition) is 2. The highest BCUT2D eigenvalue weighted by Crippen LogP contribution is 2.17. The van der Waals surface area contributed by atoms with Gasteiger partial charge in [-0.05, 0) is 42.8 Å². The second kappa shape index (κ2) is 11.7. The Bertz CT molecular complexity index is 463. The first-order chi connectivity index (χ1) is 11.7. The Morgan fingerprint density at radius 3 is 1.92 bits per heavy atom. The van der Waals surface area contributed by atoms with Gasteiger partial charge in [-0.2, -0.15) is 0 Å². The fourth-order valence-corrected chi connectivity index (χ4v) is 3.69. The van der Waals surface area contributed by atoms with Gasteiger partial charge in [0.25, 0.3) is 0 Å². The third kappa shape index (κ3) is 8.34. The summed E-state index contributed by atoms with van der Waals surface area (Å²) in [5.41, 5.74) is 1.20. The number of halogens is 1. The van der Waals surface area contributed by atoms with Crippen LogP contribution in [0.25, 0.3) is 0 Å². The first kappa shape index (κ1) is 19.5. The van der Waals surface area contributed by atoms with E-state index in [9.17, 15) is 0 Å². The van der Waals surface area contributed by atoms with Crippen molar-refractivity contribution >= 4 is 28.9 Å². The van der Waals surface area contributed by atoms with Gasteiger partial charge in [-0.15, -0.1) is 0 Å². The zero-order chi connectivity index (χ0) is 17.0. The van der Waals surface area contributed by atoms with E-state index in [1.807, 2.05) is 24.3 Å². The molecule has 0 bridgehead atoms. The van der Waals surface area contributed by atoms with Gasteiger partial charge in [0.1, 0.15) is 0 Å². The quantitative estimate of drug-likeness (QED) is 0.643. The summed E-state index contributed by atoms with van der Waals surface area (Å²) in [6, 6.07) is 8.43. The topological polar surface area (TPSA) is 24.1 Å². The summed E-state index contributed by atoms with van der Waals surface area (Å²) in [7, 11) is 0. The second-order valence-corrected chi connectivity index (χ2v) is 7.75. The van der Waals surface area contributed by atoms with Gasteiger partial charge in [0.2, 0.25) is 0 Å². The molecule has 1 aliphatic carbocycles. The van der Waals surface area contributed by atoms with E-state index in [1.165, 1.54) is 76.2 Å². The van der Waals surface area contributed by atoms with Crippen LogP contribution in [0.5, 0.6) is 0 Å². The predicted octanol–water partition coefficient (Wildman–Crippen LogP) is 5.98. The third-order valence-electron chi connectivity index (χ3n) is 4.81. The molecule has 0 amide bonds. The van der Waals surface area contributed by atoms with Crippen molar-refractivity contribution in [2.24, 2.45) is 0 Å².